The van der Waals surface area contributed by atoms with Gasteiger partial charge in [0, 0.05) is 17.6 Å². The molecule has 3 nitrogen and oxygen atoms in total. The van der Waals surface area contributed by atoms with Crippen LogP contribution in [0.3, 0.4) is 0 Å². The molecule has 1 fully saturated rings. The van der Waals surface area contributed by atoms with Crippen LogP contribution in [0.4, 0.5) is 0 Å². The number of nitrogens with one attached hydrogen (secondary N) is 1. The normalized spacial score (nSPS) is 26.4. The highest BCUT2D eigenvalue weighted by Crippen LogP contribution is 2.32. The Morgan fingerprint density at radius 2 is 2.20 bits per heavy atom. The van der Waals surface area contributed by atoms with E-state index in [2.05, 4.69) is 18.3 Å². The summed E-state index contributed by atoms with van der Waals surface area (Å²) >= 11 is 0. The topological polar surface area (TPSA) is 41.5 Å². The summed E-state index contributed by atoms with van der Waals surface area (Å²) in [5.41, 5.74) is 1.05. The van der Waals surface area contributed by atoms with Gasteiger partial charge in [0.05, 0.1) is 13.2 Å². The fraction of sp³-hybridized carbons (Fsp3) is 0.647. The van der Waals surface area contributed by atoms with Crippen molar-refractivity contribution < 1.29 is 9.84 Å². The van der Waals surface area contributed by atoms with Gasteiger partial charge in [-0.1, -0.05) is 38.0 Å². The summed E-state index contributed by atoms with van der Waals surface area (Å²) in [5.74, 6) is 1.63. The molecule has 2 atom stereocenters. The molecular formula is C17H27NO2. The molecule has 2 unspecified atom stereocenters. The van der Waals surface area contributed by atoms with E-state index in [0.717, 1.165) is 25.1 Å². The molecule has 20 heavy (non-hydrogen) atoms. The lowest BCUT2D eigenvalue weighted by atomic mass is 9.77. The van der Waals surface area contributed by atoms with Crippen LogP contribution in [0.25, 0.3) is 0 Å². The molecule has 0 bridgehead atoms. The molecule has 2 rings (SSSR count). The van der Waals surface area contributed by atoms with Crippen molar-refractivity contribution in [3.8, 4) is 5.75 Å². The van der Waals surface area contributed by atoms with Crippen LogP contribution in [-0.4, -0.2) is 23.9 Å². The van der Waals surface area contributed by atoms with Gasteiger partial charge in [0.15, 0.2) is 0 Å². The zero-order chi connectivity index (χ0) is 14.4. The minimum Gasteiger partial charge on any atom is -0.494 e. The van der Waals surface area contributed by atoms with Crippen LogP contribution in [0.2, 0.25) is 0 Å². The predicted molar refractivity (Wildman–Crippen MR) is 81.9 cm³/mol. The van der Waals surface area contributed by atoms with E-state index in [9.17, 15) is 5.11 Å². The molecule has 1 aromatic rings. The number of hydrogen-bond donors (Lipinski definition) is 2. The highest BCUT2D eigenvalue weighted by Gasteiger charge is 2.33. The van der Waals surface area contributed by atoms with E-state index < -0.39 is 0 Å². The molecule has 112 valence electrons. The number of hydrogen-bond acceptors (Lipinski definition) is 3. The number of aliphatic hydroxyl groups is 1. The average molecular weight is 277 g/mol. The molecule has 0 aliphatic heterocycles. The molecule has 0 heterocycles. The minimum atomic E-state index is -0.114. The van der Waals surface area contributed by atoms with Crippen LogP contribution in [0.1, 0.15) is 45.1 Å². The Hall–Kier alpha value is -1.06. The first-order valence-electron chi connectivity index (χ1n) is 7.76. The van der Waals surface area contributed by atoms with Gasteiger partial charge in [-0.25, -0.2) is 0 Å². The number of rotatable bonds is 6. The van der Waals surface area contributed by atoms with Crippen molar-refractivity contribution in [2.75, 3.05) is 13.2 Å². The Labute approximate surface area is 122 Å². The molecule has 0 spiro atoms. The maximum absolute atomic E-state index is 9.82. The van der Waals surface area contributed by atoms with Crippen LogP contribution in [0, 0.1) is 5.92 Å². The van der Waals surface area contributed by atoms with E-state index in [0.29, 0.717) is 12.5 Å². The summed E-state index contributed by atoms with van der Waals surface area (Å²) in [7, 11) is 0. The van der Waals surface area contributed by atoms with Crippen molar-refractivity contribution >= 4 is 0 Å². The molecule has 3 heteroatoms. The Balaban J connectivity index is 2.03. The molecule has 2 N–H and O–H groups in total. The van der Waals surface area contributed by atoms with Gasteiger partial charge < -0.3 is 15.2 Å². The quantitative estimate of drug-likeness (QED) is 0.839. The largest absolute Gasteiger partial charge is 0.494 e. The highest BCUT2D eigenvalue weighted by atomic mass is 16.5. The molecule has 0 saturated heterocycles. The first kappa shape index (κ1) is 15.3. The summed E-state index contributed by atoms with van der Waals surface area (Å²) in [6.45, 7) is 5.93. The Kier molecular flexibility index (Phi) is 5.44. The lowest BCUT2D eigenvalue weighted by Gasteiger charge is -2.39. The first-order chi connectivity index (χ1) is 9.69. The predicted octanol–water partition coefficient (Wildman–Crippen LogP) is 3.12. The van der Waals surface area contributed by atoms with Gasteiger partial charge in [-0.3, -0.25) is 0 Å². The molecule has 0 aromatic heterocycles. The van der Waals surface area contributed by atoms with Crippen molar-refractivity contribution in [2.45, 2.75) is 51.6 Å². The summed E-state index contributed by atoms with van der Waals surface area (Å²) in [6, 6.07) is 8.14. The van der Waals surface area contributed by atoms with Crippen LogP contribution >= 0.6 is 0 Å². The summed E-state index contributed by atoms with van der Waals surface area (Å²) < 4.78 is 5.66. The van der Waals surface area contributed by atoms with Gasteiger partial charge >= 0.3 is 0 Å². The first-order valence-corrected chi connectivity index (χ1v) is 7.76. The Morgan fingerprint density at radius 3 is 2.90 bits per heavy atom. The van der Waals surface area contributed by atoms with E-state index in [1.54, 1.807) is 0 Å². The molecule has 1 aromatic carbocycles. The average Bonchev–Trinajstić information content (AvgIpc) is 2.47. The standard InChI is InChI=1S/C17H27NO2/c1-3-20-16-9-5-4-8-15(16)12-18-17(13-19)10-6-7-14(2)11-17/h4-5,8-9,14,18-19H,3,6-7,10-13H2,1-2H3. The van der Waals surface area contributed by atoms with Gasteiger partial charge in [-0.05, 0) is 31.7 Å². The maximum Gasteiger partial charge on any atom is 0.123 e. The van der Waals surface area contributed by atoms with Crippen molar-refractivity contribution in [2.24, 2.45) is 5.92 Å². The zero-order valence-corrected chi connectivity index (χ0v) is 12.7. The lowest BCUT2D eigenvalue weighted by molar-refractivity contribution is 0.0979. The van der Waals surface area contributed by atoms with Crippen molar-refractivity contribution in [1.29, 1.82) is 0 Å². The van der Waals surface area contributed by atoms with Crippen molar-refractivity contribution in [1.82, 2.24) is 5.32 Å². The minimum absolute atomic E-state index is 0.114. The molecule has 0 radical (unpaired) electrons. The van der Waals surface area contributed by atoms with Crippen LogP contribution in [-0.2, 0) is 6.54 Å². The Bertz CT molecular complexity index is 421. The van der Waals surface area contributed by atoms with Gasteiger partial charge in [0.1, 0.15) is 5.75 Å². The van der Waals surface area contributed by atoms with Gasteiger partial charge in [-0.15, -0.1) is 0 Å². The lowest BCUT2D eigenvalue weighted by Crippen LogP contribution is -2.51. The summed E-state index contributed by atoms with van der Waals surface area (Å²) in [5, 5.41) is 13.4. The fourth-order valence-corrected chi connectivity index (χ4v) is 3.25. The van der Waals surface area contributed by atoms with Gasteiger partial charge in [0.2, 0.25) is 0 Å². The van der Waals surface area contributed by atoms with E-state index in [-0.39, 0.29) is 12.1 Å². The second-order valence-electron chi connectivity index (χ2n) is 6.03. The zero-order valence-electron chi connectivity index (χ0n) is 12.7. The molecular weight excluding hydrogens is 250 g/mol. The number of ether oxygens (including phenoxy) is 1. The SMILES string of the molecule is CCOc1ccccc1CNC1(CO)CCCC(C)C1. The summed E-state index contributed by atoms with van der Waals surface area (Å²) in [6.07, 6.45) is 4.59. The fourth-order valence-electron chi connectivity index (χ4n) is 3.25. The smallest absolute Gasteiger partial charge is 0.123 e. The van der Waals surface area contributed by atoms with E-state index >= 15 is 0 Å². The van der Waals surface area contributed by atoms with Gasteiger partial charge in [0.25, 0.3) is 0 Å². The number of para-hydroxylation sites is 1. The molecule has 0 amide bonds. The maximum atomic E-state index is 9.82. The molecule has 1 aliphatic rings. The van der Waals surface area contributed by atoms with Crippen LogP contribution in [0.5, 0.6) is 5.75 Å². The van der Waals surface area contributed by atoms with Crippen molar-refractivity contribution in [3.05, 3.63) is 29.8 Å². The second-order valence-corrected chi connectivity index (χ2v) is 6.03. The monoisotopic (exact) mass is 277 g/mol. The summed E-state index contributed by atoms with van der Waals surface area (Å²) in [4.78, 5) is 0. The third-order valence-electron chi connectivity index (χ3n) is 4.32. The highest BCUT2D eigenvalue weighted by molar-refractivity contribution is 5.33. The van der Waals surface area contributed by atoms with Crippen LogP contribution < -0.4 is 10.1 Å². The molecule has 1 saturated carbocycles. The van der Waals surface area contributed by atoms with E-state index in [1.165, 1.54) is 18.4 Å². The second kappa shape index (κ2) is 7.09. The Morgan fingerprint density at radius 1 is 1.40 bits per heavy atom. The van der Waals surface area contributed by atoms with Gasteiger partial charge in [-0.2, -0.15) is 0 Å². The molecule has 1 aliphatic carbocycles. The van der Waals surface area contributed by atoms with Crippen molar-refractivity contribution in [3.63, 3.8) is 0 Å². The van der Waals surface area contributed by atoms with E-state index in [4.69, 9.17) is 4.74 Å². The number of benzene rings is 1. The third kappa shape index (κ3) is 3.74. The number of aliphatic hydroxyl groups excluding tert-OH is 1. The van der Waals surface area contributed by atoms with Crippen LogP contribution in [0.15, 0.2) is 24.3 Å². The van der Waals surface area contributed by atoms with E-state index in [1.807, 2.05) is 25.1 Å². The third-order valence-corrected chi connectivity index (χ3v) is 4.32.